The summed E-state index contributed by atoms with van der Waals surface area (Å²) >= 11 is 0. The number of ketones is 1. The minimum atomic E-state index is -0.520. The van der Waals surface area contributed by atoms with Crippen LogP contribution in [0.2, 0.25) is 0 Å². The highest BCUT2D eigenvalue weighted by Gasteiger charge is 2.28. The van der Waals surface area contributed by atoms with Crippen LogP contribution < -0.4 is 0 Å². The third-order valence-corrected chi connectivity index (χ3v) is 1.99. The maximum atomic E-state index is 11.0. The van der Waals surface area contributed by atoms with Crippen LogP contribution in [0.5, 0.6) is 0 Å². The molecule has 1 saturated carbocycles. The number of rotatable bonds is 0. The summed E-state index contributed by atoms with van der Waals surface area (Å²) in [7, 11) is 0. The van der Waals surface area contributed by atoms with Crippen LogP contribution in [0.4, 0.5) is 0 Å². The molecule has 3 heteroatoms. The van der Waals surface area contributed by atoms with Gasteiger partial charge in [0, 0.05) is 12.3 Å². The molecule has 1 fully saturated rings. The van der Waals surface area contributed by atoms with Crippen molar-refractivity contribution in [2.75, 3.05) is 0 Å². The highest BCUT2D eigenvalue weighted by molar-refractivity contribution is 5.84. The molecule has 2 unspecified atom stereocenters. The van der Waals surface area contributed by atoms with Crippen LogP contribution in [0.15, 0.2) is 0 Å². The lowest BCUT2D eigenvalue weighted by atomic mass is 9.82. The fraction of sp³-hybridized carbons (Fsp3) is 0.625. The molecule has 3 nitrogen and oxygen atoms in total. The van der Waals surface area contributed by atoms with E-state index < -0.39 is 5.92 Å². The summed E-state index contributed by atoms with van der Waals surface area (Å²) in [6.07, 6.45) is 1.47. The Balaban J connectivity index is 2.61. The molecule has 1 rings (SSSR count). The first kappa shape index (κ1) is 7.75. The maximum absolute atomic E-state index is 11.0. The van der Waals surface area contributed by atoms with Crippen LogP contribution >= 0.6 is 0 Å². The summed E-state index contributed by atoms with van der Waals surface area (Å²) in [4.78, 5) is 11.0. The first-order valence-electron chi connectivity index (χ1n) is 3.60. The van der Waals surface area contributed by atoms with Crippen LogP contribution in [-0.2, 0) is 4.79 Å². The first-order valence-corrected chi connectivity index (χ1v) is 3.60. The normalized spacial score (nSPS) is 30.5. The smallest absolute Gasteiger partial charge is 0.150 e. The van der Waals surface area contributed by atoms with E-state index >= 15 is 0 Å². The van der Waals surface area contributed by atoms with Crippen molar-refractivity contribution in [3.05, 3.63) is 0 Å². The molecule has 0 spiro atoms. The second-order valence-electron chi connectivity index (χ2n) is 2.75. The van der Waals surface area contributed by atoms with Crippen LogP contribution in [0.1, 0.15) is 19.3 Å². The Morgan fingerprint density at radius 3 is 2.64 bits per heavy atom. The quantitative estimate of drug-likeness (QED) is 0.515. The van der Waals surface area contributed by atoms with Crippen LogP contribution in [0.25, 0.3) is 0 Å². The molecule has 0 heterocycles. The number of nitriles is 2. The van der Waals surface area contributed by atoms with Crippen molar-refractivity contribution in [3.8, 4) is 12.1 Å². The van der Waals surface area contributed by atoms with Gasteiger partial charge < -0.3 is 0 Å². The van der Waals surface area contributed by atoms with Gasteiger partial charge in [-0.15, -0.1) is 0 Å². The van der Waals surface area contributed by atoms with Gasteiger partial charge in [-0.3, -0.25) is 4.79 Å². The average molecular weight is 148 g/mol. The Morgan fingerprint density at radius 2 is 2.09 bits per heavy atom. The Bertz CT molecular complexity index is 246. The van der Waals surface area contributed by atoms with Crippen molar-refractivity contribution in [2.24, 2.45) is 11.8 Å². The van der Waals surface area contributed by atoms with Gasteiger partial charge in [-0.05, 0) is 12.8 Å². The summed E-state index contributed by atoms with van der Waals surface area (Å²) in [6, 6.07) is 4.00. The van der Waals surface area contributed by atoms with E-state index in [4.69, 9.17) is 10.5 Å². The van der Waals surface area contributed by atoms with E-state index in [0.717, 1.165) is 0 Å². The minimum Gasteiger partial charge on any atom is -0.298 e. The molecule has 2 atom stereocenters. The molecule has 0 saturated heterocycles. The maximum Gasteiger partial charge on any atom is 0.150 e. The highest BCUT2D eigenvalue weighted by atomic mass is 16.1. The molecule has 0 aliphatic heterocycles. The summed E-state index contributed by atoms with van der Waals surface area (Å²) < 4.78 is 0. The van der Waals surface area contributed by atoms with Gasteiger partial charge in [0.1, 0.15) is 11.7 Å². The standard InChI is InChI=1S/C8H8N2O/c9-4-6-1-2-8(11)7(3-6)5-10/h6-7H,1-3H2. The molecule has 11 heavy (non-hydrogen) atoms. The molecule has 0 radical (unpaired) electrons. The first-order chi connectivity index (χ1) is 5.27. The molecule has 0 aromatic heterocycles. The third kappa shape index (κ3) is 1.56. The number of Topliss-reactive ketones (excluding diaryl/α,β-unsaturated/α-hetero) is 1. The summed E-state index contributed by atoms with van der Waals surface area (Å²) in [5.74, 6) is -0.607. The van der Waals surface area contributed by atoms with Gasteiger partial charge in [-0.2, -0.15) is 10.5 Å². The van der Waals surface area contributed by atoms with Crippen molar-refractivity contribution in [2.45, 2.75) is 19.3 Å². The zero-order chi connectivity index (χ0) is 8.27. The average Bonchev–Trinajstić information content (AvgIpc) is 2.05. The number of carbonyl (C=O) groups is 1. The number of carbonyl (C=O) groups excluding carboxylic acids is 1. The fourth-order valence-corrected chi connectivity index (χ4v) is 1.27. The van der Waals surface area contributed by atoms with E-state index in [1.54, 1.807) is 0 Å². The zero-order valence-corrected chi connectivity index (χ0v) is 6.08. The van der Waals surface area contributed by atoms with Crippen molar-refractivity contribution >= 4 is 5.78 Å². The Kier molecular flexibility index (Phi) is 2.23. The number of hydrogen-bond donors (Lipinski definition) is 0. The van der Waals surface area contributed by atoms with Crippen molar-refractivity contribution < 1.29 is 4.79 Å². The lowest BCUT2D eigenvalue weighted by Gasteiger charge is -2.17. The van der Waals surface area contributed by atoms with Gasteiger partial charge in [-0.1, -0.05) is 0 Å². The second-order valence-corrected chi connectivity index (χ2v) is 2.75. The molecule has 0 bridgehead atoms. The lowest BCUT2D eigenvalue weighted by Crippen LogP contribution is -2.22. The van der Waals surface area contributed by atoms with Crippen LogP contribution in [-0.4, -0.2) is 5.78 Å². The molecular formula is C8H8N2O. The second kappa shape index (κ2) is 3.16. The monoisotopic (exact) mass is 148 g/mol. The fourth-order valence-electron chi connectivity index (χ4n) is 1.27. The lowest BCUT2D eigenvalue weighted by molar-refractivity contribution is -0.123. The largest absolute Gasteiger partial charge is 0.298 e. The Morgan fingerprint density at radius 1 is 1.36 bits per heavy atom. The van der Waals surface area contributed by atoms with Gasteiger partial charge >= 0.3 is 0 Å². The zero-order valence-electron chi connectivity index (χ0n) is 6.08. The van der Waals surface area contributed by atoms with E-state index in [2.05, 4.69) is 6.07 Å². The Hall–Kier alpha value is -1.35. The molecule has 1 aliphatic rings. The van der Waals surface area contributed by atoms with Crippen molar-refractivity contribution in [3.63, 3.8) is 0 Å². The van der Waals surface area contributed by atoms with Crippen molar-refractivity contribution in [1.29, 1.82) is 10.5 Å². The SMILES string of the molecule is N#CC1CCC(=O)C(C#N)C1. The molecule has 0 aromatic rings. The van der Waals surface area contributed by atoms with Crippen LogP contribution in [0.3, 0.4) is 0 Å². The van der Waals surface area contributed by atoms with Gasteiger partial charge in [0.25, 0.3) is 0 Å². The topological polar surface area (TPSA) is 64.7 Å². The van der Waals surface area contributed by atoms with Gasteiger partial charge in [-0.25, -0.2) is 0 Å². The van der Waals surface area contributed by atoms with E-state index in [9.17, 15) is 4.79 Å². The van der Waals surface area contributed by atoms with Gasteiger partial charge in [0.2, 0.25) is 0 Å². The molecule has 0 aromatic carbocycles. The number of nitrogens with zero attached hydrogens (tertiary/aromatic N) is 2. The van der Waals surface area contributed by atoms with E-state index in [-0.39, 0.29) is 11.7 Å². The van der Waals surface area contributed by atoms with E-state index in [1.165, 1.54) is 0 Å². The third-order valence-electron chi connectivity index (χ3n) is 1.99. The summed E-state index contributed by atoms with van der Waals surface area (Å²) in [6.45, 7) is 0. The minimum absolute atomic E-state index is 0.000926. The van der Waals surface area contributed by atoms with Gasteiger partial charge in [0.15, 0.2) is 0 Å². The molecule has 1 aliphatic carbocycles. The number of hydrogen-bond acceptors (Lipinski definition) is 3. The summed E-state index contributed by atoms with van der Waals surface area (Å²) in [5.41, 5.74) is 0. The van der Waals surface area contributed by atoms with E-state index in [0.29, 0.717) is 19.3 Å². The predicted octanol–water partition coefficient (Wildman–Crippen LogP) is 1.02. The highest BCUT2D eigenvalue weighted by Crippen LogP contribution is 2.24. The van der Waals surface area contributed by atoms with Crippen LogP contribution in [0, 0.1) is 34.5 Å². The molecule has 56 valence electrons. The Labute approximate surface area is 65.2 Å². The van der Waals surface area contributed by atoms with Gasteiger partial charge in [0.05, 0.1) is 12.1 Å². The summed E-state index contributed by atoms with van der Waals surface area (Å²) in [5, 5.41) is 17.0. The van der Waals surface area contributed by atoms with Crippen molar-refractivity contribution in [1.82, 2.24) is 0 Å². The molecule has 0 amide bonds. The predicted molar refractivity (Wildman–Crippen MR) is 37.1 cm³/mol. The molecular weight excluding hydrogens is 140 g/mol. The van der Waals surface area contributed by atoms with E-state index in [1.807, 2.05) is 6.07 Å². The molecule has 0 N–H and O–H groups in total.